The van der Waals surface area contributed by atoms with Crippen molar-refractivity contribution in [3.63, 3.8) is 0 Å². The summed E-state index contributed by atoms with van der Waals surface area (Å²) in [5.41, 5.74) is 2.33. The van der Waals surface area contributed by atoms with E-state index in [1.165, 1.54) is 12.1 Å². The van der Waals surface area contributed by atoms with E-state index >= 15 is 0 Å². The standard InChI is InChI=1S/C17H21N5O3S/c1-3-6-13-15-16(22(4-2)21-13)17(23)20-14(19-15)10-11-7-5-8-12(9-11)26(18,24)25/h5,7-9H,3-4,6,10H2,1-2H3,(H2,18,24,25)(H,19,20,23). The van der Waals surface area contributed by atoms with Crippen molar-refractivity contribution >= 4 is 21.1 Å². The highest BCUT2D eigenvalue weighted by molar-refractivity contribution is 7.89. The molecule has 0 bridgehead atoms. The molecule has 26 heavy (non-hydrogen) atoms. The molecule has 3 rings (SSSR count). The van der Waals surface area contributed by atoms with Crippen LogP contribution >= 0.6 is 0 Å². The first-order valence-corrected chi connectivity index (χ1v) is 9.98. The van der Waals surface area contributed by atoms with Crippen LogP contribution in [0.25, 0.3) is 11.0 Å². The van der Waals surface area contributed by atoms with Gasteiger partial charge < -0.3 is 4.98 Å². The second-order valence-corrected chi connectivity index (χ2v) is 7.65. The Hall–Kier alpha value is -2.52. The molecule has 0 aliphatic heterocycles. The van der Waals surface area contributed by atoms with Crippen LogP contribution in [0.2, 0.25) is 0 Å². The molecule has 0 saturated heterocycles. The van der Waals surface area contributed by atoms with Crippen molar-refractivity contribution in [3.8, 4) is 0 Å². The third-order valence-electron chi connectivity index (χ3n) is 4.10. The Balaban J connectivity index is 2.07. The lowest BCUT2D eigenvalue weighted by Gasteiger charge is -2.05. The number of sulfonamides is 1. The SMILES string of the molecule is CCCc1nn(CC)c2c(=O)[nH]c(Cc3cccc(S(N)(=O)=O)c3)nc12. The monoisotopic (exact) mass is 375 g/mol. The van der Waals surface area contributed by atoms with Gasteiger partial charge in [-0.25, -0.2) is 18.5 Å². The summed E-state index contributed by atoms with van der Waals surface area (Å²) in [5, 5.41) is 9.67. The number of nitrogens with zero attached hydrogens (tertiary/aromatic N) is 3. The maximum atomic E-state index is 12.5. The largest absolute Gasteiger partial charge is 0.308 e. The van der Waals surface area contributed by atoms with Gasteiger partial charge in [0.05, 0.1) is 10.6 Å². The van der Waals surface area contributed by atoms with Crippen LogP contribution in [0.15, 0.2) is 34.0 Å². The fraction of sp³-hybridized carbons (Fsp3) is 0.353. The fourth-order valence-corrected chi connectivity index (χ4v) is 3.52. The Morgan fingerprint density at radius 3 is 2.69 bits per heavy atom. The number of primary sulfonamides is 1. The maximum absolute atomic E-state index is 12.5. The molecule has 9 heteroatoms. The molecule has 0 aliphatic carbocycles. The third-order valence-corrected chi connectivity index (χ3v) is 5.01. The molecule has 0 aliphatic rings. The van der Waals surface area contributed by atoms with Crippen molar-refractivity contribution in [2.75, 3.05) is 0 Å². The van der Waals surface area contributed by atoms with Gasteiger partial charge in [-0.05, 0) is 31.0 Å². The van der Waals surface area contributed by atoms with Crippen LogP contribution < -0.4 is 10.7 Å². The van der Waals surface area contributed by atoms with Crippen molar-refractivity contribution in [1.29, 1.82) is 0 Å². The number of nitrogens with two attached hydrogens (primary N) is 1. The summed E-state index contributed by atoms with van der Waals surface area (Å²) in [4.78, 5) is 19.9. The van der Waals surface area contributed by atoms with Crippen LogP contribution in [0.4, 0.5) is 0 Å². The summed E-state index contributed by atoms with van der Waals surface area (Å²) in [6.45, 7) is 4.55. The van der Waals surface area contributed by atoms with E-state index in [9.17, 15) is 13.2 Å². The van der Waals surface area contributed by atoms with Gasteiger partial charge in [0.2, 0.25) is 10.0 Å². The second-order valence-electron chi connectivity index (χ2n) is 6.09. The van der Waals surface area contributed by atoms with E-state index in [0.717, 1.165) is 18.5 Å². The number of fused-ring (bicyclic) bond motifs is 1. The average molecular weight is 375 g/mol. The number of nitrogens with one attached hydrogen (secondary N) is 1. The van der Waals surface area contributed by atoms with E-state index in [1.807, 2.05) is 13.8 Å². The van der Waals surface area contributed by atoms with Crippen LogP contribution in [0.1, 0.15) is 37.4 Å². The molecule has 1 aromatic carbocycles. The molecular formula is C17H21N5O3S. The topological polar surface area (TPSA) is 124 Å². The number of hydrogen-bond donors (Lipinski definition) is 2. The molecule has 2 heterocycles. The zero-order valence-corrected chi connectivity index (χ0v) is 15.5. The molecule has 0 saturated carbocycles. The van der Waals surface area contributed by atoms with E-state index in [-0.39, 0.29) is 16.9 Å². The molecule has 3 N–H and O–H groups in total. The minimum Gasteiger partial charge on any atom is -0.308 e. The minimum absolute atomic E-state index is 0.0314. The first-order valence-electron chi connectivity index (χ1n) is 8.43. The molecule has 2 aromatic heterocycles. The van der Waals surface area contributed by atoms with Gasteiger partial charge in [-0.15, -0.1) is 0 Å². The van der Waals surface area contributed by atoms with E-state index in [4.69, 9.17) is 5.14 Å². The minimum atomic E-state index is -3.78. The Morgan fingerprint density at radius 2 is 2.04 bits per heavy atom. The number of hydrogen-bond acceptors (Lipinski definition) is 5. The lowest BCUT2D eigenvalue weighted by atomic mass is 10.1. The Morgan fingerprint density at radius 1 is 1.27 bits per heavy atom. The van der Waals surface area contributed by atoms with Gasteiger partial charge in [0.1, 0.15) is 11.3 Å². The van der Waals surface area contributed by atoms with Crippen molar-refractivity contribution in [1.82, 2.24) is 19.7 Å². The molecule has 0 amide bonds. The highest BCUT2D eigenvalue weighted by Crippen LogP contribution is 2.17. The second kappa shape index (κ2) is 7.00. The molecule has 138 valence electrons. The van der Waals surface area contributed by atoms with Crippen LogP contribution in [0.3, 0.4) is 0 Å². The Labute approximate surface area is 151 Å². The number of aryl methyl sites for hydroxylation is 2. The van der Waals surface area contributed by atoms with Gasteiger partial charge >= 0.3 is 0 Å². The number of rotatable bonds is 6. The van der Waals surface area contributed by atoms with E-state index in [0.29, 0.717) is 29.0 Å². The summed E-state index contributed by atoms with van der Waals surface area (Å²) in [6.07, 6.45) is 1.92. The van der Waals surface area contributed by atoms with Crippen molar-refractivity contribution in [2.45, 2.75) is 44.6 Å². The predicted molar refractivity (Wildman–Crippen MR) is 98.4 cm³/mol. The lowest BCUT2D eigenvalue weighted by Crippen LogP contribution is -2.16. The van der Waals surface area contributed by atoms with Crippen LogP contribution in [0, 0.1) is 0 Å². The summed E-state index contributed by atoms with van der Waals surface area (Å²) >= 11 is 0. The van der Waals surface area contributed by atoms with Crippen molar-refractivity contribution < 1.29 is 8.42 Å². The fourth-order valence-electron chi connectivity index (χ4n) is 2.94. The number of H-pyrrole nitrogens is 1. The molecule has 3 aromatic rings. The van der Waals surface area contributed by atoms with Gasteiger partial charge in [0.25, 0.3) is 5.56 Å². The number of benzene rings is 1. The first-order chi connectivity index (χ1) is 12.3. The normalized spacial score (nSPS) is 12.0. The smallest absolute Gasteiger partial charge is 0.277 e. The molecule has 0 atom stereocenters. The Bertz CT molecular complexity index is 1120. The molecule has 0 radical (unpaired) electrons. The van der Waals surface area contributed by atoms with Gasteiger partial charge in [0.15, 0.2) is 5.52 Å². The maximum Gasteiger partial charge on any atom is 0.277 e. The molecule has 8 nitrogen and oxygen atoms in total. The van der Waals surface area contributed by atoms with Gasteiger partial charge in [-0.3, -0.25) is 9.48 Å². The van der Waals surface area contributed by atoms with Crippen molar-refractivity contribution in [3.05, 3.63) is 51.7 Å². The van der Waals surface area contributed by atoms with Crippen molar-refractivity contribution in [2.24, 2.45) is 5.14 Å². The molecule has 0 fully saturated rings. The lowest BCUT2D eigenvalue weighted by molar-refractivity contribution is 0.597. The zero-order chi connectivity index (χ0) is 18.9. The quantitative estimate of drug-likeness (QED) is 0.673. The highest BCUT2D eigenvalue weighted by atomic mass is 32.2. The Kier molecular flexibility index (Phi) is 4.92. The van der Waals surface area contributed by atoms with E-state index in [1.54, 1.807) is 16.8 Å². The van der Waals surface area contributed by atoms with Crippen LogP contribution in [-0.2, 0) is 29.4 Å². The van der Waals surface area contributed by atoms with E-state index < -0.39 is 10.0 Å². The number of aromatic nitrogens is 4. The zero-order valence-electron chi connectivity index (χ0n) is 14.7. The van der Waals surface area contributed by atoms with Gasteiger partial charge in [-0.1, -0.05) is 25.5 Å². The third kappa shape index (κ3) is 3.54. The number of aromatic amines is 1. The van der Waals surface area contributed by atoms with Crippen LogP contribution in [0.5, 0.6) is 0 Å². The predicted octanol–water partition coefficient (Wildman–Crippen LogP) is 1.33. The molecular weight excluding hydrogens is 354 g/mol. The van der Waals surface area contributed by atoms with Crippen LogP contribution in [-0.4, -0.2) is 28.2 Å². The van der Waals surface area contributed by atoms with E-state index in [2.05, 4.69) is 15.1 Å². The summed E-state index contributed by atoms with van der Waals surface area (Å²) in [6, 6.07) is 6.30. The van der Waals surface area contributed by atoms with Gasteiger partial charge in [0, 0.05) is 13.0 Å². The highest BCUT2D eigenvalue weighted by Gasteiger charge is 2.16. The summed E-state index contributed by atoms with van der Waals surface area (Å²) < 4.78 is 24.7. The average Bonchev–Trinajstić information content (AvgIpc) is 2.93. The first kappa shape index (κ1) is 18.3. The molecule has 0 spiro atoms. The van der Waals surface area contributed by atoms with Gasteiger partial charge in [-0.2, -0.15) is 5.10 Å². The molecule has 0 unspecified atom stereocenters. The summed E-state index contributed by atoms with van der Waals surface area (Å²) in [5.74, 6) is 0.460. The summed E-state index contributed by atoms with van der Waals surface area (Å²) in [7, 11) is -3.78.